The molecule has 11 heteroatoms. The van der Waals surface area contributed by atoms with Gasteiger partial charge in [-0.1, -0.05) is 41.5 Å². The fourth-order valence-electron chi connectivity index (χ4n) is 6.84. The minimum atomic E-state index is -3.13. The maximum atomic E-state index is 11.5. The van der Waals surface area contributed by atoms with Crippen molar-refractivity contribution in [1.29, 1.82) is 0 Å². The van der Waals surface area contributed by atoms with E-state index in [1.807, 2.05) is 41.5 Å². The zero-order chi connectivity index (χ0) is 26.6. The van der Waals surface area contributed by atoms with Gasteiger partial charge in [0, 0.05) is 5.92 Å². The molecule has 0 radical (unpaired) electrons. The Morgan fingerprint density at radius 2 is 1.23 bits per heavy atom. The summed E-state index contributed by atoms with van der Waals surface area (Å²) in [6, 6.07) is 0. The summed E-state index contributed by atoms with van der Waals surface area (Å²) in [5, 5.41) is -0.0440. The van der Waals surface area contributed by atoms with Crippen LogP contribution in [0, 0.1) is 29.6 Å². The van der Waals surface area contributed by atoms with Crippen LogP contribution >= 0.6 is 0 Å². The van der Waals surface area contributed by atoms with Crippen LogP contribution in [0.4, 0.5) is 0 Å². The molecule has 0 spiro atoms. The number of sulfone groups is 1. The Balaban J connectivity index is 0.000000171. The van der Waals surface area contributed by atoms with Gasteiger partial charge < -0.3 is 0 Å². The SMILES string of the molecule is CC.CC.CC.O=S1(=O)CC2CC3CC2C1C3.O=S1(=O)CCCO1.O=S1(=O)OC2CC3CC2C1C3. The van der Waals surface area contributed by atoms with Crippen LogP contribution in [0.5, 0.6) is 0 Å². The van der Waals surface area contributed by atoms with Crippen molar-refractivity contribution >= 4 is 30.1 Å². The molecule has 35 heavy (non-hydrogen) atoms. The van der Waals surface area contributed by atoms with Gasteiger partial charge in [-0.2, -0.15) is 16.8 Å². The summed E-state index contributed by atoms with van der Waals surface area (Å²) in [4.78, 5) is 0. The van der Waals surface area contributed by atoms with Gasteiger partial charge in [-0.15, -0.1) is 0 Å². The molecule has 0 aromatic heterocycles. The lowest BCUT2D eigenvalue weighted by atomic mass is 9.91. The van der Waals surface area contributed by atoms with Gasteiger partial charge in [0.15, 0.2) is 9.84 Å². The highest BCUT2D eigenvalue weighted by Crippen LogP contribution is 2.56. The van der Waals surface area contributed by atoms with Crippen molar-refractivity contribution in [1.82, 2.24) is 0 Å². The van der Waals surface area contributed by atoms with Crippen LogP contribution in [0.25, 0.3) is 0 Å². The van der Waals surface area contributed by atoms with E-state index in [4.69, 9.17) is 4.18 Å². The van der Waals surface area contributed by atoms with E-state index in [1.165, 1.54) is 12.8 Å². The van der Waals surface area contributed by atoms with Crippen molar-refractivity contribution < 1.29 is 33.6 Å². The third-order valence-electron chi connectivity index (χ3n) is 7.92. The average molecular weight is 559 g/mol. The largest absolute Gasteiger partial charge is 0.270 e. The van der Waals surface area contributed by atoms with E-state index in [0.29, 0.717) is 42.5 Å². The molecule has 3 aliphatic heterocycles. The van der Waals surface area contributed by atoms with Gasteiger partial charge in [-0.3, -0.25) is 8.37 Å². The van der Waals surface area contributed by atoms with Crippen LogP contribution in [-0.4, -0.2) is 60.0 Å². The van der Waals surface area contributed by atoms with Crippen molar-refractivity contribution in [2.75, 3.05) is 18.1 Å². The van der Waals surface area contributed by atoms with Gasteiger partial charge in [0.25, 0.3) is 20.2 Å². The maximum Gasteiger partial charge on any atom is 0.270 e. The molecule has 0 N–H and O–H groups in total. The summed E-state index contributed by atoms with van der Waals surface area (Å²) in [7, 11) is -8.81. The third-order valence-corrected chi connectivity index (χ3v) is 13.4. The topological polar surface area (TPSA) is 121 Å². The van der Waals surface area contributed by atoms with Gasteiger partial charge in [-0.25, -0.2) is 8.42 Å². The lowest BCUT2D eigenvalue weighted by molar-refractivity contribution is 0.196. The Bertz CT molecular complexity index is 912. The number of rotatable bonds is 0. The summed E-state index contributed by atoms with van der Waals surface area (Å²) >= 11 is 0. The molecule has 0 aromatic carbocycles. The molecule has 7 aliphatic rings. The molecule has 3 heterocycles. The van der Waals surface area contributed by atoms with Gasteiger partial charge >= 0.3 is 0 Å². The first kappa shape index (κ1) is 31.0. The fraction of sp³-hybridized carbons (Fsp3) is 1.00. The van der Waals surface area contributed by atoms with Crippen LogP contribution in [0.1, 0.15) is 86.5 Å². The molecule has 4 bridgehead atoms. The van der Waals surface area contributed by atoms with E-state index < -0.39 is 30.1 Å². The zero-order valence-corrected chi connectivity index (χ0v) is 24.6. The summed E-state index contributed by atoms with van der Waals surface area (Å²) in [6.07, 6.45) is 7.07. The first-order valence-corrected chi connectivity index (χ1v) is 18.3. The fourth-order valence-corrected chi connectivity index (χ4v) is 12.4. The Hall–Kier alpha value is -0.230. The molecule has 0 aromatic rings. The van der Waals surface area contributed by atoms with Crippen LogP contribution in [-0.2, 0) is 38.4 Å². The standard InChI is InChI=1S/C8H12O2S.C7H10O3S.C3H6O3S.3C2H6/c9-11(10)4-6-1-5-2-7(6)8(11)3-5;8-11(9)7-3-4-1-5(7)6(2-4)10-11;4-7(5)3-1-2-6-7;3*1-2/h5-8H,1-4H2;4-7H,1-3H2;1-3H2;3*1-2H3. The van der Waals surface area contributed by atoms with Crippen molar-refractivity contribution in [3.8, 4) is 0 Å². The minimum Gasteiger partial charge on any atom is -0.270 e. The number of hydrogen-bond acceptors (Lipinski definition) is 8. The van der Waals surface area contributed by atoms with Gasteiger partial charge in [0.1, 0.15) is 0 Å². The number of hydrogen-bond donors (Lipinski definition) is 0. The van der Waals surface area contributed by atoms with Crippen LogP contribution in [0.2, 0.25) is 0 Å². The van der Waals surface area contributed by atoms with Gasteiger partial charge in [0.2, 0.25) is 0 Å². The molecule has 208 valence electrons. The lowest BCUT2D eigenvalue weighted by Crippen LogP contribution is -2.21. The predicted octanol–water partition coefficient (Wildman–Crippen LogP) is 4.16. The molecule has 7 fully saturated rings. The molecule has 4 aliphatic carbocycles. The second-order valence-electron chi connectivity index (χ2n) is 9.71. The van der Waals surface area contributed by atoms with Crippen LogP contribution in [0.3, 0.4) is 0 Å². The molecule has 0 amide bonds. The molecular formula is C24H46O8S3. The summed E-state index contributed by atoms with van der Waals surface area (Å²) < 4.78 is 75.2. The van der Waals surface area contributed by atoms with E-state index in [1.54, 1.807) is 0 Å². The molecule has 4 saturated carbocycles. The van der Waals surface area contributed by atoms with E-state index >= 15 is 0 Å². The predicted molar refractivity (Wildman–Crippen MR) is 139 cm³/mol. The molecule has 8 atom stereocenters. The van der Waals surface area contributed by atoms with E-state index in [9.17, 15) is 25.3 Å². The monoisotopic (exact) mass is 558 g/mol. The maximum absolute atomic E-state index is 11.5. The second kappa shape index (κ2) is 12.5. The Labute approximate surface area is 214 Å². The van der Waals surface area contributed by atoms with E-state index in [2.05, 4.69) is 4.18 Å². The van der Waals surface area contributed by atoms with Crippen molar-refractivity contribution in [3.05, 3.63) is 0 Å². The summed E-state index contributed by atoms with van der Waals surface area (Å²) in [6.45, 7) is 12.4. The first-order chi connectivity index (χ1) is 16.5. The van der Waals surface area contributed by atoms with Gasteiger partial charge in [-0.05, 0) is 68.6 Å². The highest BCUT2D eigenvalue weighted by Gasteiger charge is 2.59. The molecule has 8 nitrogen and oxygen atoms in total. The van der Waals surface area contributed by atoms with Crippen LogP contribution < -0.4 is 0 Å². The minimum absolute atomic E-state index is 0.0590. The van der Waals surface area contributed by atoms with E-state index in [-0.39, 0.29) is 22.4 Å². The Morgan fingerprint density at radius 3 is 1.60 bits per heavy atom. The number of fused-ring (bicyclic) bond motifs is 2. The van der Waals surface area contributed by atoms with Crippen LogP contribution in [0.15, 0.2) is 0 Å². The van der Waals surface area contributed by atoms with Gasteiger partial charge in [0.05, 0.1) is 34.7 Å². The van der Waals surface area contributed by atoms with Crippen molar-refractivity contribution in [2.24, 2.45) is 29.6 Å². The normalized spacial score (nSPS) is 42.0. The molecular weight excluding hydrogens is 512 g/mol. The second-order valence-corrected chi connectivity index (χ2v) is 15.5. The Kier molecular flexibility index (Phi) is 11.1. The highest BCUT2D eigenvalue weighted by molar-refractivity contribution is 7.92. The van der Waals surface area contributed by atoms with Crippen molar-refractivity contribution in [3.63, 3.8) is 0 Å². The van der Waals surface area contributed by atoms with Crippen molar-refractivity contribution in [2.45, 2.75) is 103 Å². The summed E-state index contributed by atoms with van der Waals surface area (Å²) in [5.74, 6) is 3.62. The highest BCUT2D eigenvalue weighted by atomic mass is 32.2. The quantitative estimate of drug-likeness (QED) is 0.406. The molecule has 3 saturated heterocycles. The van der Waals surface area contributed by atoms with E-state index in [0.717, 1.165) is 31.6 Å². The summed E-state index contributed by atoms with van der Waals surface area (Å²) in [5.41, 5.74) is 0. The molecule has 7 rings (SSSR count). The first-order valence-electron chi connectivity index (χ1n) is 13.5. The average Bonchev–Trinajstić information content (AvgIpc) is 3.66. The smallest absolute Gasteiger partial charge is 0.270 e. The molecule has 8 unspecified atom stereocenters. The zero-order valence-electron chi connectivity index (χ0n) is 22.2. The third kappa shape index (κ3) is 6.81. The lowest BCUT2D eigenvalue weighted by Gasteiger charge is -2.14. The Morgan fingerprint density at radius 1 is 0.657 bits per heavy atom.